The predicted molar refractivity (Wildman–Crippen MR) is 90.5 cm³/mol. The molecule has 2 amide bonds. The number of nitrogens with one attached hydrogen (secondary N) is 2. The summed E-state index contributed by atoms with van der Waals surface area (Å²) in [6, 6.07) is 0. The van der Waals surface area contributed by atoms with Gasteiger partial charge in [-0.15, -0.1) is 11.3 Å². The van der Waals surface area contributed by atoms with Crippen LogP contribution in [0, 0.1) is 0 Å². The molecule has 1 aliphatic rings. The largest absolute Gasteiger partial charge is 0.444 e. The second-order valence-electron chi connectivity index (χ2n) is 6.43. The van der Waals surface area contributed by atoms with E-state index in [1.54, 1.807) is 20.8 Å². The van der Waals surface area contributed by atoms with E-state index in [0.29, 0.717) is 10.6 Å². The summed E-state index contributed by atoms with van der Waals surface area (Å²) >= 11 is 1.41. The molecule has 0 radical (unpaired) electrons. The minimum atomic E-state index is -0.601. The van der Waals surface area contributed by atoms with Crippen LogP contribution in [0.5, 0.6) is 0 Å². The van der Waals surface area contributed by atoms with Crippen molar-refractivity contribution in [2.24, 2.45) is 5.84 Å². The van der Waals surface area contributed by atoms with Gasteiger partial charge in [0, 0.05) is 18.0 Å². The molecule has 1 aromatic heterocycles. The zero-order valence-electron chi connectivity index (χ0n) is 14.0. The average molecular weight is 340 g/mol. The summed E-state index contributed by atoms with van der Waals surface area (Å²) in [6.45, 7) is 10.1. The summed E-state index contributed by atoms with van der Waals surface area (Å²) in [5.74, 6) is 4.91. The summed E-state index contributed by atoms with van der Waals surface area (Å²) in [5.41, 5.74) is 2.98. The average Bonchev–Trinajstić information content (AvgIpc) is 2.80. The maximum Gasteiger partial charge on any atom is 0.412 e. The van der Waals surface area contributed by atoms with Crippen molar-refractivity contribution in [3.05, 3.63) is 16.0 Å². The molecule has 1 aliphatic heterocycles. The van der Waals surface area contributed by atoms with E-state index in [1.165, 1.54) is 11.3 Å². The smallest absolute Gasteiger partial charge is 0.412 e. The zero-order valence-corrected chi connectivity index (χ0v) is 14.8. The highest BCUT2D eigenvalue weighted by molar-refractivity contribution is 7.17. The van der Waals surface area contributed by atoms with Gasteiger partial charge >= 0.3 is 6.09 Å². The van der Waals surface area contributed by atoms with Crippen LogP contribution in [0.1, 0.15) is 48.5 Å². The maximum atomic E-state index is 12.1. The monoisotopic (exact) mass is 340 g/mol. The second kappa shape index (κ2) is 6.86. The summed E-state index contributed by atoms with van der Waals surface area (Å²) in [4.78, 5) is 27.6. The summed E-state index contributed by atoms with van der Waals surface area (Å²) in [6.07, 6.45) is 0.188. The number of ether oxygens (including phenoxy) is 1. The Morgan fingerprint density at radius 3 is 2.65 bits per heavy atom. The third-order valence-electron chi connectivity index (χ3n) is 3.56. The van der Waals surface area contributed by atoms with Crippen LogP contribution in [0.2, 0.25) is 0 Å². The Labute approximate surface area is 140 Å². The number of nitrogens with zero attached hydrogens (tertiary/aromatic N) is 1. The zero-order chi connectivity index (χ0) is 17.2. The van der Waals surface area contributed by atoms with Gasteiger partial charge in [0.1, 0.15) is 10.6 Å². The van der Waals surface area contributed by atoms with Crippen LogP contribution in [-0.4, -0.2) is 35.6 Å². The van der Waals surface area contributed by atoms with Crippen molar-refractivity contribution in [1.29, 1.82) is 0 Å². The molecule has 0 bridgehead atoms. The number of carbonyl (C=O) groups is 2. The van der Waals surface area contributed by atoms with Crippen LogP contribution >= 0.6 is 11.3 Å². The minimum absolute atomic E-state index is 0.390. The fourth-order valence-electron chi connectivity index (χ4n) is 2.52. The first-order valence-electron chi connectivity index (χ1n) is 7.63. The molecular formula is C15H24N4O3S. The molecule has 4 N–H and O–H groups in total. The molecule has 0 atom stereocenters. The van der Waals surface area contributed by atoms with E-state index >= 15 is 0 Å². The van der Waals surface area contributed by atoms with Gasteiger partial charge in [0.15, 0.2) is 0 Å². The minimum Gasteiger partial charge on any atom is -0.444 e. The fraction of sp³-hybridized carbons (Fsp3) is 0.600. The van der Waals surface area contributed by atoms with Gasteiger partial charge in [0.25, 0.3) is 5.91 Å². The Bertz CT molecular complexity index is 607. The molecule has 0 aromatic carbocycles. The summed E-state index contributed by atoms with van der Waals surface area (Å²) in [5, 5.41) is 3.19. The Balaban J connectivity index is 2.30. The van der Waals surface area contributed by atoms with Crippen LogP contribution in [0.4, 0.5) is 9.80 Å². The number of hydrazine groups is 1. The van der Waals surface area contributed by atoms with Crippen molar-refractivity contribution in [3.63, 3.8) is 0 Å². The molecule has 0 spiro atoms. The first kappa shape index (κ1) is 17.7. The lowest BCUT2D eigenvalue weighted by Gasteiger charge is -2.25. The second-order valence-corrected chi connectivity index (χ2v) is 7.53. The number of nitrogens with two attached hydrogens (primary N) is 1. The number of likely N-dealkylation sites (N-methyl/N-ethyl adjacent to an activating group) is 1. The highest BCUT2D eigenvalue weighted by atomic mass is 32.1. The van der Waals surface area contributed by atoms with Crippen molar-refractivity contribution in [1.82, 2.24) is 10.3 Å². The van der Waals surface area contributed by atoms with Gasteiger partial charge in [-0.1, -0.05) is 6.92 Å². The number of anilines is 1. The number of amides is 2. The van der Waals surface area contributed by atoms with Gasteiger partial charge in [0.05, 0.1) is 5.56 Å². The molecule has 0 saturated carbocycles. The molecule has 23 heavy (non-hydrogen) atoms. The summed E-state index contributed by atoms with van der Waals surface area (Å²) < 4.78 is 5.27. The number of thiophene rings is 1. The predicted octanol–water partition coefficient (Wildman–Crippen LogP) is 2.08. The van der Waals surface area contributed by atoms with Crippen molar-refractivity contribution >= 4 is 28.3 Å². The third-order valence-corrected chi connectivity index (χ3v) is 4.69. The maximum absolute atomic E-state index is 12.1. The van der Waals surface area contributed by atoms with Crippen molar-refractivity contribution in [2.75, 3.05) is 18.4 Å². The Kier molecular flexibility index (Phi) is 5.28. The van der Waals surface area contributed by atoms with Crippen LogP contribution in [0.25, 0.3) is 0 Å². The van der Waals surface area contributed by atoms with E-state index in [9.17, 15) is 9.59 Å². The SMILES string of the molecule is CCN1CCc2c(sc(NC(=O)OC(C)(C)C)c2C(=O)NN)C1. The number of carbonyl (C=O) groups excluding carboxylic acids is 2. The first-order valence-corrected chi connectivity index (χ1v) is 8.44. The van der Waals surface area contributed by atoms with Gasteiger partial charge in [-0.05, 0) is 39.3 Å². The van der Waals surface area contributed by atoms with Gasteiger partial charge in [-0.25, -0.2) is 10.6 Å². The van der Waals surface area contributed by atoms with E-state index in [-0.39, 0.29) is 0 Å². The Morgan fingerprint density at radius 2 is 2.09 bits per heavy atom. The third kappa shape index (κ3) is 4.21. The standard InChI is InChI=1S/C15H24N4O3S/c1-5-19-7-6-9-10(8-19)23-13(11(9)12(20)18-16)17-14(21)22-15(2,3)4/h5-8,16H2,1-4H3,(H,17,21)(H,18,20). The fourth-order valence-corrected chi connectivity index (χ4v) is 3.80. The highest BCUT2D eigenvalue weighted by Crippen LogP contribution is 2.37. The molecule has 0 fully saturated rings. The number of hydrogen-bond acceptors (Lipinski definition) is 6. The number of rotatable bonds is 3. The van der Waals surface area contributed by atoms with Gasteiger partial charge in [0.2, 0.25) is 0 Å². The Hall–Kier alpha value is -1.64. The van der Waals surface area contributed by atoms with E-state index in [0.717, 1.165) is 36.5 Å². The van der Waals surface area contributed by atoms with E-state index in [2.05, 4.69) is 22.6 Å². The van der Waals surface area contributed by atoms with Crippen molar-refractivity contribution in [2.45, 2.75) is 46.3 Å². The first-order chi connectivity index (χ1) is 10.7. The molecular weight excluding hydrogens is 316 g/mol. The van der Waals surface area contributed by atoms with Crippen molar-refractivity contribution in [3.8, 4) is 0 Å². The molecule has 7 nitrogen and oxygen atoms in total. The number of nitrogen functional groups attached to an aromatic ring is 1. The molecule has 2 heterocycles. The van der Waals surface area contributed by atoms with Gasteiger partial charge < -0.3 is 4.74 Å². The number of hydrogen-bond donors (Lipinski definition) is 3. The van der Waals surface area contributed by atoms with Gasteiger partial charge in [-0.2, -0.15) is 0 Å². The van der Waals surface area contributed by atoms with E-state index in [4.69, 9.17) is 10.6 Å². The highest BCUT2D eigenvalue weighted by Gasteiger charge is 2.29. The van der Waals surface area contributed by atoms with Crippen molar-refractivity contribution < 1.29 is 14.3 Å². The van der Waals surface area contributed by atoms with Crippen LogP contribution in [0.15, 0.2) is 0 Å². The molecule has 128 valence electrons. The quantitative estimate of drug-likeness (QED) is 0.445. The number of fused-ring (bicyclic) bond motifs is 1. The van der Waals surface area contributed by atoms with E-state index in [1.807, 2.05) is 0 Å². The molecule has 8 heteroatoms. The van der Waals surface area contributed by atoms with E-state index < -0.39 is 17.6 Å². The Morgan fingerprint density at radius 1 is 1.39 bits per heavy atom. The topological polar surface area (TPSA) is 96.7 Å². The van der Waals surface area contributed by atoms with Crippen LogP contribution in [-0.2, 0) is 17.7 Å². The van der Waals surface area contributed by atoms with Gasteiger partial charge in [-0.3, -0.25) is 20.4 Å². The van der Waals surface area contributed by atoms with Crippen LogP contribution in [0.3, 0.4) is 0 Å². The molecule has 2 rings (SSSR count). The lowest BCUT2D eigenvalue weighted by atomic mass is 10.0. The molecule has 0 aliphatic carbocycles. The van der Waals surface area contributed by atoms with Crippen LogP contribution < -0.4 is 16.6 Å². The normalized spacial score (nSPS) is 15.0. The lowest BCUT2D eigenvalue weighted by molar-refractivity contribution is 0.0636. The molecule has 1 aromatic rings. The lowest BCUT2D eigenvalue weighted by Crippen LogP contribution is -2.34. The summed E-state index contributed by atoms with van der Waals surface area (Å²) in [7, 11) is 0. The molecule has 0 unspecified atom stereocenters. The molecule has 0 saturated heterocycles.